The maximum atomic E-state index is 12.7. The van der Waals surface area contributed by atoms with E-state index < -0.39 is 0 Å². The zero-order valence-corrected chi connectivity index (χ0v) is 17.7. The average molecular weight is 415 g/mol. The summed E-state index contributed by atoms with van der Waals surface area (Å²) in [6.45, 7) is 0.520. The van der Waals surface area contributed by atoms with E-state index in [-0.39, 0.29) is 11.8 Å². The summed E-state index contributed by atoms with van der Waals surface area (Å²) in [6.07, 6.45) is 3.97. The fourth-order valence-electron chi connectivity index (χ4n) is 3.13. The number of hydrogen-bond donors (Lipinski definition) is 1. The van der Waals surface area contributed by atoms with Crippen LogP contribution in [0.4, 0.5) is 5.69 Å². The highest BCUT2D eigenvalue weighted by molar-refractivity contribution is 6.08. The molecular weight excluding hydrogens is 388 g/mol. The van der Waals surface area contributed by atoms with Gasteiger partial charge in [-0.25, -0.2) is 0 Å². The molecule has 0 aliphatic carbocycles. The summed E-state index contributed by atoms with van der Waals surface area (Å²) in [5.74, 6) is 0.332. The Morgan fingerprint density at radius 2 is 1.61 bits per heavy atom. The topological polar surface area (TPSA) is 58.6 Å². The fourth-order valence-corrected chi connectivity index (χ4v) is 3.13. The fraction of sp³-hybridized carbons (Fsp3) is 0.154. The summed E-state index contributed by atoms with van der Waals surface area (Å²) < 4.78 is 5.14. The standard InChI is InChI=1S/C26H26N2O3/c1-28(25(29)17-14-21-12-15-22(31-2)16-13-21)24-11-7-6-10-23(24)26(30)27-19-18-20-8-4-3-5-9-20/h3-17H,18-19H2,1-2H3,(H,27,30). The number of anilines is 1. The van der Waals surface area contributed by atoms with Gasteiger partial charge >= 0.3 is 0 Å². The molecule has 0 atom stereocenters. The van der Waals surface area contributed by atoms with E-state index in [9.17, 15) is 9.59 Å². The first kappa shape index (κ1) is 21.8. The van der Waals surface area contributed by atoms with Crippen LogP contribution in [0.15, 0.2) is 84.9 Å². The number of hydrogen-bond acceptors (Lipinski definition) is 3. The van der Waals surface area contributed by atoms with Crippen molar-refractivity contribution in [3.63, 3.8) is 0 Å². The number of carbonyl (C=O) groups is 2. The van der Waals surface area contributed by atoms with Crippen molar-refractivity contribution in [3.8, 4) is 5.75 Å². The van der Waals surface area contributed by atoms with Gasteiger partial charge in [0.05, 0.1) is 18.4 Å². The van der Waals surface area contributed by atoms with Gasteiger partial charge in [-0.05, 0) is 47.9 Å². The number of rotatable bonds is 8. The molecular formula is C26H26N2O3. The first-order valence-corrected chi connectivity index (χ1v) is 10.1. The molecule has 0 aliphatic rings. The molecule has 2 amide bonds. The van der Waals surface area contributed by atoms with Crippen LogP contribution in [-0.2, 0) is 11.2 Å². The molecule has 31 heavy (non-hydrogen) atoms. The summed E-state index contributed by atoms with van der Waals surface area (Å²) in [4.78, 5) is 26.9. The molecule has 0 saturated heterocycles. The molecule has 5 nitrogen and oxygen atoms in total. The number of carbonyl (C=O) groups excluding carboxylic acids is 2. The van der Waals surface area contributed by atoms with Crippen molar-refractivity contribution in [2.75, 3.05) is 25.6 Å². The Labute approximate surface area is 183 Å². The third kappa shape index (κ3) is 6.06. The largest absolute Gasteiger partial charge is 0.497 e. The van der Waals surface area contributed by atoms with Gasteiger partial charge in [0.25, 0.3) is 11.8 Å². The second-order valence-electron chi connectivity index (χ2n) is 7.01. The Balaban J connectivity index is 1.65. The van der Waals surface area contributed by atoms with E-state index >= 15 is 0 Å². The highest BCUT2D eigenvalue weighted by Gasteiger charge is 2.16. The van der Waals surface area contributed by atoms with Crippen molar-refractivity contribution < 1.29 is 14.3 Å². The number of benzene rings is 3. The number of methoxy groups -OCH3 is 1. The predicted octanol–water partition coefficient (Wildman–Crippen LogP) is 4.34. The van der Waals surface area contributed by atoms with Crippen molar-refractivity contribution in [1.82, 2.24) is 5.32 Å². The van der Waals surface area contributed by atoms with E-state index in [1.165, 1.54) is 11.0 Å². The molecule has 3 aromatic carbocycles. The molecule has 0 saturated carbocycles. The number of likely N-dealkylation sites (N-methyl/N-ethyl adjacent to an activating group) is 1. The lowest BCUT2D eigenvalue weighted by atomic mass is 10.1. The van der Waals surface area contributed by atoms with Crippen molar-refractivity contribution >= 4 is 23.6 Å². The first-order valence-electron chi connectivity index (χ1n) is 10.1. The van der Waals surface area contributed by atoms with Gasteiger partial charge in [-0.2, -0.15) is 0 Å². The van der Waals surface area contributed by atoms with Crippen LogP contribution >= 0.6 is 0 Å². The predicted molar refractivity (Wildman–Crippen MR) is 124 cm³/mol. The summed E-state index contributed by atoms with van der Waals surface area (Å²) in [6, 6.07) is 24.5. The Morgan fingerprint density at radius 3 is 2.32 bits per heavy atom. The second-order valence-corrected chi connectivity index (χ2v) is 7.01. The molecule has 0 aliphatic heterocycles. The Kier molecular flexibility index (Phi) is 7.60. The lowest BCUT2D eigenvalue weighted by Gasteiger charge is -2.19. The Hall–Kier alpha value is -3.86. The normalized spacial score (nSPS) is 10.6. The molecule has 158 valence electrons. The minimum Gasteiger partial charge on any atom is -0.497 e. The van der Waals surface area contributed by atoms with Crippen LogP contribution in [0.1, 0.15) is 21.5 Å². The number of nitrogens with zero attached hydrogens (tertiary/aromatic N) is 1. The van der Waals surface area contributed by atoms with Gasteiger partial charge in [-0.15, -0.1) is 0 Å². The number of amides is 2. The van der Waals surface area contributed by atoms with Crippen LogP contribution in [0.3, 0.4) is 0 Å². The lowest BCUT2D eigenvalue weighted by molar-refractivity contribution is -0.113. The monoisotopic (exact) mass is 414 g/mol. The highest BCUT2D eigenvalue weighted by Crippen LogP contribution is 2.20. The quantitative estimate of drug-likeness (QED) is 0.558. The van der Waals surface area contributed by atoms with E-state index in [0.717, 1.165) is 23.3 Å². The molecule has 0 heterocycles. The summed E-state index contributed by atoms with van der Waals surface area (Å²) >= 11 is 0. The van der Waals surface area contributed by atoms with Gasteiger partial charge in [0.2, 0.25) is 0 Å². The smallest absolute Gasteiger partial charge is 0.253 e. The third-order valence-electron chi connectivity index (χ3n) is 4.92. The van der Waals surface area contributed by atoms with Crippen LogP contribution in [0.5, 0.6) is 5.75 Å². The van der Waals surface area contributed by atoms with E-state index in [2.05, 4.69) is 5.32 Å². The van der Waals surface area contributed by atoms with Gasteiger partial charge in [0.15, 0.2) is 0 Å². The molecule has 0 spiro atoms. The highest BCUT2D eigenvalue weighted by atomic mass is 16.5. The molecule has 5 heteroatoms. The van der Waals surface area contributed by atoms with E-state index in [4.69, 9.17) is 4.74 Å². The van der Waals surface area contributed by atoms with Crippen LogP contribution in [-0.4, -0.2) is 32.5 Å². The number of ether oxygens (including phenoxy) is 1. The number of para-hydroxylation sites is 1. The zero-order chi connectivity index (χ0) is 22.1. The molecule has 0 unspecified atom stereocenters. The minimum atomic E-state index is -0.222. The van der Waals surface area contributed by atoms with E-state index in [1.807, 2.05) is 60.7 Å². The van der Waals surface area contributed by atoms with Crippen LogP contribution < -0.4 is 15.0 Å². The molecule has 0 bridgehead atoms. The average Bonchev–Trinajstić information content (AvgIpc) is 2.83. The second kappa shape index (κ2) is 10.8. The van der Waals surface area contributed by atoms with Gasteiger partial charge in [-0.3, -0.25) is 9.59 Å². The molecule has 0 radical (unpaired) electrons. The maximum Gasteiger partial charge on any atom is 0.253 e. The van der Waals surface area contributed by atoms with Crippen LogP contribution in [0.25, 0.3) is 6.08 Å². The summed E-state index contributed by atoms with van der Waals surface area (Å²) in [5, 5.41) is 2.94. The third-order valence-corrected chi connectivity index (χ3v) is 4.92. The maximum absolute atomic E-state index is 12.7. The van der Waals surface area contributed by atoms with Crippen molar-refractivity contribution in [3.05, 3.63) is 102 Å². The van der Waals surface area contributed by atoms with E-state index in [1.54, 1.807) is 38.4 Å². The zero-order valence-electron chi connectivity index (χ0n) is 17.7. The minimum absolute atomic E-state index is 0.203. The van der Waals surface area contributed by atoms with Crippen molar-refractivity contribution in [2.24, 2.45) is 0 Å². The molecule has 3 aromatic rings. The first-order chi connectivity index (χ1) is 15.1. The Morgan fingerprint density at radius 1 is 0.935 bits per heavy atom. The van der Waals surface area contributed by atoms with Crippen molar-refractivity contribution in [1.29, 1.82) is 0 Å². The molecule has 1 N–H and O–H groups in total. The number of nitrogens with one attached hydrogen (secondary N) is 1. The van der Waals surface area contributed by atoms with Gasteiger partial charge < -0.3 is 15.0 Å². The SMILES string of the molecule is COc1ccc(C=CC(=O)N(C)c2ccccc2C(=O)NCCc2ccccc2)cc1. The van der Waals surface area contributed by atoms with Crippen LogP contribution in [0, 0.1) is 0 Å². The van der Waals surface area contributed by atoms with Crippen molar-refractivity contribution in [2.45, 2.75) is 6.42 Å². The lowest BCUT2D eigenvalue weighted by Crippen LogP contribution is -2.30. The summed E-state index contributed by atoms with van der Waals surface area (Å²) in [7, 11) is 3.27. The van der Waals surface area contributed by atoms with Crippen LogP contribution in [0.2, 0.25) is 0 Å². The molecule has 3 rings (SSSR count). The Bertz CT molecular complexity index is 1040. The van der Waals surface area contributed by atoms with Gasteiger partial charge in [0, 0.05) is 19.7 Å². The summed E-state index contributed by atoms with van der Waals surface area (Å²) in [5.41, 5.74) is 3.06. The molecule has 0 aromatic heterocycles. The van der Waals surface area contributed by atoms with Gasteiger partial charge in [-0.1, -0.05) is 54.6 Å². The van der Waals surface area contributed by atoms with E-state index in [0.29, 0.717) is 17.8 Å². The molecule has 0 fully saturated rings. The van der Waals surface area contributed by atoms with Gasteiger partial charge in [0.1, 0.15) is 5.75 Å².